The van der Waals surface area contributed by atoms with E-state index in [2.05, 4.69) is 17.1 Å². The minimum absolute atomic E-state index is 0.00469. The molecule has 0 amide bonds. The van der Waals surface area contributed by atoms with E-state index in [1.165, 1.54) is 0 Å². The second-order valence-electron chi connectivity index (χ2n) is 4.71. The van der Waals surface area contributed by atoms with Crippen molar-refractivity contribution in [1.29, 1.82) is 0 Å². The highest BCUT2D eigenvalue weighted by Crippen LogP contribution is 2.14. The van der Waals surface area contributed by atoms with Crippen LogP contribution in [0, 0.1) is 0 Å². The molecule has 1 heterocycles. The first-order valence-corrected chi connectivity index (χ1v) is 6.92. The van der Waals surface area contributed by atoms with Crippen molar-refractivity contribution in [3.63, 3.8) is 0 Å². The number of hydrogen-bond donors (Lipinski definition) is 1. The molecule has 2 aromatic rings. The van der Waals surface area contributed by atoms with Gasteiger partial charge in [-0.05, 0) is 24.1 Å². The van der Waals surface area contributed by atoms with E-state index in [4.69, 9.17) is 14.4 Å². The molecular weight excluding hydrogens is 272 g/mol. The van der Waals surface area contributed by atoms with E-state index in [0.717, 1.165) is 24.8 Å². The predicted molar refractivity (Wildman–Crippen MR) is 75.0 cm³/mol. The molecule has 0 aliphatic heterocycles. The minimum atomic E-state index is -0.853. The average molecular weight is 290 g/mol. The van der Waals surface area contributed by atoms with E-state index in [-0.39, 0.29) is 13.0 Å². The van der Waals surface area contributed by atoms with E-state index in [9.17, 15) is 4.79 Å². The summed E-state index contributed by atoms with van der Waals surface area (Å²) in [6.07, 6.45) is 2.93. The van der Waals surface area contributed by atoms with Crippen molar-refractivity contribution < 1.29 is 19.2 Å². The van der Waals surface area contributed by atoms with Gasteiger partial charge in [0, 0.05) is 6.42 Å². The number of carbonyl (C=O) groups is 1. The molecule has 6 nitrogen and oxygen atoms in total. The van der Waals surface area contributed by atoms with Gasteiger partial charge >= 0.3 is 5.97 Å². The molecule has 0 aliphatic rings. The maximum atomic E-state index is 10.6. The van der Waals surface area contributed by atoms with E-state index in [0.29, 0.717) is 17.5 Å². The van der Waals surface area contributed by atoms with Crippen LogP contribution in [0.2, 0.25) is 0 Å². The minimum Gasteiger partial charge on any atom is -0.484 e. The lowest BCUT2D eigenvalue weighted by molar-refractivity contribution is -0.136. The summed E-state index contributed by atoms with van der Waals surface area (Å²) in [6.45, 7) is 2.32. The van der Waals surface area contributed by atoms with Crippen LogP contribution in [0.25, 0.3) is 0 Å². The van der Waals surface area contributed by atoms with Gasteiger partial charge in [-0.2, -0.15) is 4.98 Å². The summed E-state index contributed by atoms with van der Waals surface area (Å²) in [5.74, 6) is 0.926. The summed E-state index contributed by atoms with van der Waals surface area (Å²) in [6, 6.07) is 6.91. The van der Waals surface area contributed by atoms with Gasteiger partial charge in [0.05, 0.1) is 6.42 Å². The number of rotatable bonds is 8. The Kier molecular flexibility index (Phi) is 5.31. The SMILES string of the molecule is CCCCc1noc(COc2ccc(CC(=O)O)cc2)n1. The number of nitrogens with zero attached hydrogens (tertiary/aromatic N) is 2. The van der Waals surface area contributed by atoms with Gasteiger partial charge in [0.2, 0.25) is 0 Å². The van der Waals surface area contributed by atoms with Crippen molar-refractivity contribution in [2.24, 2.45) is 0 Å². The monoisotopic (exact) mass is 290 g/mol. The molecule has 112 valence electrons. The van der Waals surface area contributed by atoms with Gasteiger partial charge in [0.15, 0.2) is 12.4 Å². The van der Waals surface area contributed by atoms with Gasteiger partial charge in [0.1, 0.15) is 5.75 Å². The van der Waals surface area contributed by atoms with Crippen molar-refractivity contribution in [1.82, 2.24) is 10.1 Å². The molecular formula is C15H18N2O4. The number of aromatic nitrogens is 2. The zero-order valence-corrected chi connectivity index (χ0v) is 11.9. The Labute approximate surface area is 122 Å². The second-order valence-corrected chi connectivity index (χ2v) is 4.71. The third-order valence-corrected chi connectivity index (χ3v) is 2.91. The van der Waals surface area contributed by atoms with Crippen molar-refractivity contribution in [2.75, 3.05) is 0 Å². The summed E-state index contributed by atoms with van der Waals surface area (Å²) in [5.41, 5.74) is 0.731. The number of benzene rings is 1. The highest BCUT2D eigenvalue weighted by Gasteiger charge is 2.07. The van der Waals surface area contributed by atoms with Crippen LogP contribution in [0.1, 0.15) is 37.0 Å². The van der Waals surface area contributed by atoms with Gasteiger partial charge in [-0.3, -0.25) is 4.79 Å². The molecule has 21 heavy (non-hydrogen) atoms. The summed E-state index contributed by atoms with van der Waals surface area (Å²) < 4.78 is 10.6. The zero-order chi connectivity index (χ0) is 15.1. The molecule has 0 bridgehead atoms. The van der Waals surface area contributed by atoms with Crippen molar-refractivity contribution in [3.05, 3.63) is 41.5 Å². The highest BCUT2D eigenvalue weighted by molar-refractivity contribution is 5.70. The molecule has 2 rings (SSSR count). The number of ether oxygens (including phenoxy) is 1. The van der Waals surface area contributed by atoms with Gasteiger partial charge < -0.3 is 14.4 Å². The second kappa shape index (κ2) is 7.42. The Morgan fingerprint density at radius 2 is 2.10 bits per heavy atom. The largest absolute Gasteiger partial charge is 0.484 e. The summed E-state index contributed by atoms with van der Waals surface area (Å²) in [7, 11) is 0. The number of aryl methyl sites for hydroxylation is 1. The topological polar surface area (TPSA) is 85.5 Å². The Balaban J connectivity index is 1.84. The maximum absolute atomic E-state index is 10.6. The lowest BCUT2D eigenvalue weighted by Gasteiger charge is -2.03. The number of unbranched alkanes of at least 4 members (excludes halogenated alkanes) is 1. The Morgan fingerprint density at radius 3 is 2.76 bits per heavy atom. The van der Waals surface area contributed by atoms with E-state index in [1.54, 1.807) is 24.3 Å². The summed E-state index contributed by atoms with van der Waals surface area (Å²) in [5, 5.41) is 12.6. The molecule has 0 fully saturated rings. The van der Waals surface area contributed by atoms with Crippen LogP contribution >= 0.6 is 0 Å². The van der Waals surface area contributed by atoms with E-state index >= 15 is 0 Å². The molecule has 0 atom stereocenters. The summed E-state index contributed by atoms with van der Waals surface area (Å²) >= 11 is 0. The lowest BCUT2D eigenvalue weighted by atomic mass is 10.1. The summed E-state index contributed by atoms with van der Waals surface area (Å²) in [4.78, 5) is 14.8. The first kappa shape index (κ1) is 15.0. The fourth-order valence-corrected chi connectivity index (χ4v) is 1.81. The molecule has 0 unspecified atom stereocenters. The predicted octanol–water partition coefficient (Wildman–Crippen LogP) is 2.62. The molecule has 1 N–H and O–H groups in total. The first-order valence-electron chi connectivity index (χ1n) is 6.92. The van der Waals surface area contributed by atoms with Gasteiger partial charge in [-0.1, -0.05) is 30.6 Å². The fourth-order valence-electron chi connectivity index (χ4n) is 1.81. The smallest absolute Gasteiger partial charge is 0.307 e. The standard InChI is InChI=1S/C15H18N2O4/c1-2-3-4-13-16-14(21-17-13)10-20-12-7-5-11(6-8-12)9-15(18)19/h5-8H,2-4,9-10H2,1H3,(H,18,19). The number of aliphatic carboxylic acids is 1. The molecule has 1 aromatic carbocycles. The van der Waals surface area contributed by atoms with Crippen LogP contribution < -0.4 is 4.74 Å². The molecule has 0 spiro atoms. The molecule has 0 aliphatic carbocycles. The third-order valence-electron chi connectivity index (χ3n) is 2.91. The van der Waals surface area contributed by atoms with Crippen LogP contribution in [0.5, 0.6) is 5.75 Å². The first-order chi connectivity index (χ1) is 10.2. The van der Waals surface area contributed by atoms with Crippen molar-refractivity contribution in [3.8, 4) is 5.75 Å². The van der Waals surface area contributed by atoms with Crippen LogP contribution in [0.3, 0.4) is 0 Å². The molecule has 6 heteroatoms. The quantitative estimate of drug-likeness (QED) is 0.804. The highest BCUT2D eigenvalue weighted by atomic mass is 16.5. The van der Waals surface area contributed by atoms with Crippen LogP contribution in [0.4, 0.5) is 0 Å². The van der Waals surface area contributed by atoms with E-state index in [1.807, 2.05) is 0 Å². The van der Waals surface area contributed by atoms with Crippen LogP contribution in [0.15, 0.2) is 28.8 Å². The van der Waals surface area contributed by atoms with Crippen LogP contribution in [-0.4, -0.2) is 21.2 Å². The van der Waals surface area contributed by atoms with Gasteiger partial charge in [0.25, 0.3) is 5.89 Å². The van der Waals surface area contributed by atoms with Crippen LogP contribution in [-0.2, 0) is 24.2 Å². The van der Waals surface area contributed by atoms with Crippen molar-refractivity contribution >= 4 is 5.97 Å². The van der Waals surface area contributed by atoms with Crippen molar-refractivity contribution in [2.45, 2.75) is 39.2 Å². The molecule has 0 saturated heterocycles. The van der Waals surface area contributed by atoms with Gasteiger partial charge in [-0.25, -0.2) is 0 Å². The molecule has 0 saturated carbocycles. The van der Waals surface area contributed by atoms with Gasteiger partial charge in [-0.15, -0.1) is 0 Å². The number of hydrogen-bond acceptors (Lipinski definition) is 5. The zero-order valence-electron chi connectivity index (χ0n) is 11.9. The lowest BCUT2D eigenvalue weighted by Crippen LogP contribution is -2.00. The Bertz CT molecular complexity index is 578. The molecule has 1 aromatic heterocycles. The normalized spacial score (nSPS) is 10.5. The fraction of sp³-hybridized carbons (Fsp3) is 0.400. The average Bonchev–Trinajstić information content (AvgIpc) is 2.92. The van der Waals surface area contributed by atoms with E-state index < -0.39 is 5.97 Å². The Hall–Kier alpha value is -2.37. The molecule has 0 radical (unpaired) electrons. The Morgan fingerprint density at radius 1 is 1.33 bits per heavy atom. The number of carboxylic acid groups (broad SMARTS) is 1. The maximum Gasteiger partial charge on any atom is 0.307 e. The third kappa shape index (κ3) is 4.91. The number of carboxylic acids is 1.